The van der Waals surface area contributed by atoms with Crippen LogP contribution in [0.2, 0.25) is 0 Å². The van der Waals surface area contributed by atoms with Crippen LogP contribution < -0.4 is 0 Å². The molecular weight excluding hydrogens is 317 g/mol. The second kappa shape index (κ2) is 5.00. The fourth-order valence-electron chi connectivity index (χ4n) is 2.20. The van der Waals surface area contributed by atoms with Gasteiger partial charge in [-0.05, 0) is 18.6 Å². The number of imide groups is 1. The van der Waals surface area contributed by atoms with Crippen LogP contribution in [0.1, 0.15) is 27.1 Å². The summed E-state index contributed by atoms with van der Waals surface area (Å²) in [5.74, 6) is -1.71. The number of hydrogen-bond donors (Lipinski definition) is 0. The van der Waals surface area contributed by atoms with Crippen molar-refractivity contribution in [2.75, 3.05) is 13.2 Å². The lowest BCUT2D eigenvalue weighted by molar-refractivity contribution is -0.144. The Bertz CT molecular complexity index is 609. The van der Waals surface area contributed by atoms with Crippen LogP contribution in [0.3, 0.4) is 0 Å². The number of fused-ring (bicyclic) bond motifs is 1. The molecule has 2 amide bonds. The molecule has 1 aromatic rings. The fraction of sp³-hybridized carbons (Fsp3) is 0.357. The third kappa shape index (κ3) is 2.63. The maximum absolute atomic E-state index is 12.1. The van der Waals surface area contributed by atoms with Crippen LogP contribution in [0.25, 0.3) is 0 Å². The van der Waals surface area contributed by atoms with E-state index in [-0.39, 0.29) is 12.5 Å². The van der Waals surface area contributed by atoms with Gasteiger partial charge in [0, 0.05) is 5.92 Å². The molecule has 0 saturated heterocycles. The molecule has 1 saturated carbocycles. The number of carbonyl (C=O) groups excluding carboxylic acids is 3. The van der Waals surface area contributed by atoms with E-state index in [9.17, 15) is 14.4 Å². The van der Waals surface area contributed by atoms with Crippen molar-refractivity contribution in [2.45, 2.75) is 10.8 Å². The molecule has 1 aliphatic carbocycles. The van der Waals surface area contributed by atoms with Crippen molar-refractivity contribution < 1.29 is 19.1 Å². The van der Waals surface area contributed by atoms with Crippen molar-refractivity contribution in [1.29, 1.82) is 0 Å². The quantitative estimate of drug-likeness (QED) is 0.482. The highest BCUT2D eigenvalue weighted by Crippen LogP contribution is 2.53. The largest absolute Gasteiger partial charge is 0.464 e. The molecule has 21 heavy (non-hydrogen) atoms. The van der Waals surface area contributed by atoms with Gasteiger partial charge in [0.15, 0.2) is 0 Å². The van der Waals surface area contributed by atoms with Crippen LogP contribution in [-0.4, -0.2) is 40.2 Å². The summed E-state index contributed by atoms with van der Waals surface area (Å²) >= 11 is 11.6. The van der Waals surface area contributed by atoms with Crippen molar-refractivity contribution in [2.24, 2.45) is 5.92 Å². The Balaban J connectivity index is 1.60. The number of hydrogen-bond acceptors (Lipinski definition) is 4. The molecule has 0 spiro atoms. The van der Waals surface area contributed by atoms with E-state index in [0.29, 0.717) is 17.5 Å². The van der Waals surface area contributed by atoms with Crippen molar-refractivity contribution >= 4 is 41.0 Å². The topological polar surface area (TPSA) is 63.7 Å². The predicted octanol–water partition coefficient (Wildman–Crippen LogP) is 2.02. The average Bonchev–Trinajstić information content (AvgIpc) is 3.01. The normalized spacial score (nSPS) is 22.2. The number of carbonyl (C=O) groups is 3. The molecule has 110 valence electrons. The smallest absolute Gasteiger partial charge is 0.326 e. The van der Waals surface area contributed by atoms with Gasteiger partial charge in [0.2, 0.25) is 0 Å². The van der Waals surface area contributed by atoms with Gasteiger partial charge in [0.05, 0.1) is 17.7 Å². The van der Waals surface area contributed by atoms with Crippen LogP contribution in [-0.2, 0) is 9.53 Å². The Kier molecular flexibility index (Phi) is 3.42. The number of esters is 1. The SMILES string of the molecule is O=C(CN1C(=O)c2ccccc2C1=O)OC[C@H]1CC1(Cl)Cl. The minimum absolute atomic E-state index is 0.0908. The van der Waals surface area contributed by atoms with Gasteiger partial charge in [0.25, 0.3) is 11.8 Å². The fourth-order valence-corrected chi connectivity index (χ4v) is 2.70. The van der Waals surface area contributed by atoms with Crippen LogP contribution >= 0.6 is 23.2 Å². The third-order valence-corrected chi connectivity index (χ3v) is 4.49. The van der Waals surface area contributed by atoms with Gasteiger partial charge in [-0.3, -0.25) is 19.3 Å². The molecule has 3 rings (SSSR count). The molecule has 1 heterocycles. The summed E-state index contributed by atoms with van der Waals surface area (Å²) in [4.78, 5) is 36.7. The van der Waals surface area contributed by atoms with Crippen molar-refractivity contribution in [3.8, 4) is 0 Å². The summed E-state index contributed by atoms with van der Waals surface area (Å²) in [6.07, 6.45) is 0.566. The summed E-state index contributed by atoms with van der Waals surface area (Å²) in [5.41, 5.74) is 0.607. The van der Waals surface area contributed by atoms with E-state index in [0.717, 1.165) is 4.90 Å². The first-order valence-corrected chi connectivity index (χ1v) is 7.14. The zero-order valence-electron chi connectivity index (χ0n) is 10.8. The number of nitrogens with zero attached hydrogens (tertiary/aromatic N) is 1. The van der Waals surface area contributed by atoms with Crippen molar-refractivity contribution in [1.82, 2.24) is 4.90 Å². The van der Waals surface area contributed by atoms with Crippen LogP contribution in [0, 0.1) is 5.92 Å². The number of halogens is 2. The van der Waals surface area contributed by atoms with Crippen molar-refractivity contribution in [3.05, 3.63) is 35.4 Å². The molecule has 5 nitrogen and oxygen atoms in total. The molecule has 0 bridgehead atoms. The predicted molar refractivity (Wildman–Crippen MR) is 75.3 cm³/mol. The molecule has 0 N–H and O–H groups in total. The first-order chi connectivity index (χ1) is 9.90. The van der Waals surface area contributed by atoms with Gasteiger partial charge in [-0.25, -0.2) is 0 Å². The van der Waals surface area contributed by atoms with E-state index in [1.54, 1.807) is 24.3 Å². The third-order valence-electron chi connectivity index (χ3n) is 3.57. The molecule has 1 atom stereocenters. The minimum Gasteiger partial charge on any atom is -0.464 e. The second-order valence-corrected chi connectivity index (χ2v) is 6.63. The summed E-state index contributed by atoms with van der Waals surface area (Å²) in [5, 5.41) is 0. The average molecular weight is 328 g/mol. The maximum Gasteiger partial charge on any atom is 0.326 e. The molecule has 2 aliphatic rings. The minimum atomic E-state index is -0.824. The molecule has 1 aliphatic heterocycles. The zero-order chi connectivity index (χ0) is 15.2. The summed E-state index contributed by atoms with van der Waals surface area (Å²) in [7, 11) is 0. The van der Waals surface area contributed by atoms with Gasteiger partial charge in [-0.2, -0.15) is 0 Å². The Labute approximate surface area is 130 Å². The first kappa shape index (κ1) is 14.4. The zero-order valence-corrected chi connectivity index (χ0v) is 12.4. The first-order valence-electron chi connectivity index (χ1n) is 6.39. The lowest BCUT2D eigenvalue weighted by Gasteiger charge is -2.13. The summed E-state index contributed by atoms with van der Waals surface area (Å²) < 4.78 is 4.18. The summed E-state index contributed by atoms with van der Waals surface area (Å²) in [6.45, 7) is -0.314. The van der Waals surface area contributed by atoms with Gasteiger partial charge >= 0.3 is 5.97 Å². The van der Waals surface area contributed by atoms with Crippen LogP contribution in [0.15, 0.2) is 24.3 Å². The number of amides is 2. The van der Waals surface area contributed by atoms with E-state index in [2.05, 4.69) is 0 Å². The molecule has 0 radical (unpaired) electrons. The van der Waals surface area contributed by atoms with Gasteiger partial charge in [-0.1, -0.05) is 12.1 Å². The van der Waals surface area contributed by atoms with E-state index >= 15 is 0 Å². The molecular formula is C14H11Cl2NO4. The lowest BCUT2D eigenvalue weighted by atomic mass is 10.1. The summed E-state index contributed by atoms with van der Waals surface area (Å²) in [6, 6.07) is 6.44. The van der Waals surface area contributed by atoms with Crippen molar-refractivity contribution in [3.63, 3.8) is 0 Å². The van der Waals surface area contributed by atoms with Crippen LogP contribution in [0.5, 0.6) is 0 Å². The van der Waals surface area contributed by atoms with Gasteiger partial charge in [-0.15, -0.1) is 23.2 Å². The highest BCUT2D eigenvalue weighted by atomic mass is 35.5. The Morgan fingerprint density at radius 3 is 2.24 bits per heavy atom. The molecule has 1 aromatic carbocycles. The number of alkyl halides is 2. The number of benzene rings is 1. The van der Waals surface area contributed by atoms with Gasteiger partial charge in [0.1, 0.15) is 10.9 Å². The highest BCUT2D eigenvalue weighted by Gasteiger charge is 2.52. The lowest BCUT2D eigenvalue weighted by Crippen LogP contribution is -2.36. The standard InChI is InChI=1S/C14H11Cl2NO4/c15-14(16)5-8(14)7-21-11(18)6-17-12(19)9-3-1-2-4-10(9)13(17)20/h1-4,8H,5-7H2/t8-/m1/s1. The van der Waals surface area contributed by atoms with E-state index in [4.69, 9.17) is 27.9 Å². The Hall–Kier alpha value is -1.59. The number of ether oxygens (including phenoxy) is 1. The molecule has 1 fully saturated rings. The Morgan fingerprint density at radius 2 is 1.76 bits per heavy atom. The van der Waals surface area contributed by atoms with Gasteiger partial charge < -0.3 is 4.74 Å². The monoisotopic (exact) mass is 327 g/mol. The molecule has 0 unspecified atom stereocenters. The highest BCUT2D eigenvalue weighted by molar-refractivity contribution is 6.50. The molecule has 0 aromatic heterocycles. The van der Waals surface area contributed by atoms with Crippen LogP contribution in [0.4, 0.5) is 0 Å². The second-order valence-electron chi connectivity index (χ2n) is 5.09. The van der Waals surface area contributed by atoms with E-state index in [1.165, 1.54) is 0 Å². The van der Waals surface area contributed by atoms with E-state index in [1.807, 2.05) is 0 Å². The maximum atomic E-state index is 12.1. The van der Waals surface area contributed by atoms with E-state index < -0.39 is 28.7 Å². The Morgan fingerprint density at radius 1 is 1.24 bits per heavy atom. The number of rotatable bonds is 4. The molecule has 7 heteroatoms.